The molecule has 0 spiro atoms. The van der Waals surface area contributed by atoms with Crippen LogP contribution in [0.25, 0.3) is 0 Å². The monoisotopic (exact) mass is 345 g/mol. The lowest BCUT2D eigenvalue weighted by molar-refractivity contribution is -0.380. The van der Waals surface area contributed by atoms with E-state index in [4.69, 9.17) is 4.74 Å². The standard InChI is InChI=1S/C17H15NO5S/c1-10(23-17(20)14-7-8-15(24-14)18(21)22)16(19)13-6-5-11-3-2-4-12(11)9-13/h5-10H,2-4H2,1H3/t10-/m0/s1. The Morgan fingerprint density at radius 1 is 1.21 bits per heavy atom. The summed E-state index contributed by atoms with van der Waals surface area (Å²) in [7, 11) is 0. The number of carbonyl (C=O) groups excluding carboxylic acids is 2. The Morgan fingerprint density at radius 3 is 2.67 bits per heavy atom. The van der Waals surface area contributed by atoms with Crippen molar-refractivity contribution in [1.82, 2.24) is 0 Å². The third-order valence-electron chi connectivity index (χ3n) is 4.01. The predicted molar refractivity (Wildman–Crippen MR) is 88.6 cm³/mol. The molecule has 1 heterocycles. The molecule has 1 aliphatic rings. The topological polar surface area (TPSA) is 86.5 Å². The van der Waals surface area contributed by atoms with E-state index in [1.54, 1.807) is 6.07 Å². The molecule has 1 aromatic heterocycles. The SMILES string of the molecule is C[C@H](OC(=O)c1ccc([N+](=O)[O-])s1)C(=O)c1ccc2c(c1)CCC2. The summed E-state index contributed by atoms with van der Waals surface area (Å²) in [6.07, 6.45) is 2.14. The van der Waals surface area contributed by atoms with Crippen molar-refractivity contribution in [2.75, 3.05) is 0 Å². The average molecular weight is 345 g/mol. The second-order valence-electron chi connectivity index (χ2n) is 5.64. The number of carbonyl (C=O) groups is 2. The first-order valence-corrected chi connectivity index (χ1v) is 8.38. The van der Waals surface area contributed by atoms with Gasteiger partial charge in [0.25, 0.3) is 0 Å². The molecular weight excluding hydrogens is 330 g/mol. The fraction of sp³-hybridized carbons (Fsp3) is 0.294. The van der Waals surface area contributed by atoms with Crippen molar-refractivity contribution < 1.29 is 19.2 Å². The van der Waals surface area contributed by atoms with Crippen LogP contribution in [0.4, 0.5) is 5.00 Å². The van der Waals surface area contributed by atoms with E-state index < -0.39 is 17.0 Å². The summed E-state index contributed by atoms with van der Waals surface area (Å²) in [5.74, 6) is -1.00. The van der Waals surface area contributed by atoms with Crippen molar-refractivity contribution in [2.45, 2.75) is 32.3 Å². The molecule has 0 saturated carbocycles. The van der Waals surface area contributed by atoms with Gasteiger partial charge in [0.15, 0.2) is 6.10 Å². The summed E-state index contributed by atoms with van der Waals surface area (Å²) in [4.78, 5) is 34.7. The van der Waals surface area contributed by atoms with Crippen molar-refractivity contribution in [1.29, 1.82) is 0 Å². The van der Waals surface area contributed by atoms with Crippen LogP contribution in [0.1, 0.15) is 44.5 Å². The van der Waals surface area contributed by atoms with E-state index in [9.17, 15) is 19.7 Å². The van der Waals surface area contributed by atoms with Crippen LogP contribution in [0.3, 0.4) is 0 Å². The minimum atomic E-state index is -0.946. The molecule has 3 rings (SSSR count). The van der Waals surface area contributed by atoms with Crippen LogP contribution in [-0.2, 0) is 17.6 Å². The maximum atomic E-state index is 12.4. The van der Waals surface area contributed by atoms with Crippen LogP contribution in [0, 0.1) is 10.1 Å². The van der Waals surface area contributed by atoms with Gasteiger partial charge >= 0.3 is 11.0 Å². The molecule has 0 fully saturated rings. The molecule has 1 atom stereocenters. The summed E-state index contributed by atoms with van der Waals surface area (Å²) in [5, 5.41) is 10.5. The zero-order chi connectivity index (χ0) is 17.3. The van der Waals surface area contributed by atoms with E-state index in [0.717, 1.165) is 30.6 Å². The highest BCUT2D eigenvalue weighted by Gasteiger charge is 2.24. The zero-order valence-corrected chi connectivity index (χ0v) is 13.8. The van der Waals surface area contributed by atoms with Gasteiger partial charge in [0, 0.05) is 11.6 Å². The summed E-state index contributed by atoms with van der Waals surface area (Å²) >= 11 is 0.730. The summed E-state index contributed by atoms with van der Waals surface area (Å²) in [5.41, 5.74) is 2.96. The smallest absolute Gasteiger partial charge is 0.349 e. The molecule has 2 aromatic rings. The molecule has 1 aliphatic carbocycles. The number of Topliss-reactive ketones (excluding diaryl/α,β-unsaturated/α-hetero) is 1. The summed E-state index contributed by atoms with van der Waals surface area (Å²) < 4.78 is 5.16. The van der Waals surface area contributed by atoms with Crippen LogP contribution in [0.2, 0.25) is 0 Å². The lowest BCUT2D eigenvalue weighted by Gasteiger charge is -2.12. The number of rotatable bonds is 5. The van der Waals surface area contributed by atoms with Crippen LogP contribution >= 0.6 is 11.3 Å². The van der Waals surface area contributed by atoms with Crippen molar-refractivity contribution in [3.05, 3.63) is 62.0 Å². The Kier molecular flexibility index (Phi) is 4.44. The van der Waals surface area contributed by atoms with Crippen LogP contribution < -0.4 is 0 Å². The Hall–Kier alpha value is -2.54. The fourth-order valence-electron chi connectivity index (χ4n) is 2.77. The van der Waals surface area contributed by atoms with Gasteiger partial charge in [0.2, 0.25) is 5.78 Å². The summed E-state index contributed by atoms with van der Waals surface area (Å²) in [6, 6.07) is 8.15. The number of fused-ring (bicyclic) bond motifs is 1. The number of ketones is 1. The fourth-order valence-corrected chi connectivity index (χ4v) is 3.47. The first kappa shape index (κ1) is 16.3. The molecule has 1 aromatic carbocycles. The van der Waals surface area contributed by atoms with E-state index in [-0.39, 0.29) is 15.7 Å². The van der Waals surface area contributed by atoms with E-state index in [0.29, 0.717) is 5.56 Å². The minimum absolute atomic E-state index is 0.107. The highest BCUT2D eigenvalue weighted by Crippen LogP contribution is 2.26. The molecule has 124 valence electrons. The molecule has 6 nitrogen and oxygen atoms in total. The van der Waals surface area contributed by atoms with Gasteiger partial charge in [0.05, 0.1) is 4.92 Å². The van der Waals surface area contributed by atoms with Gasteiger partial charge in [0.1, 0.15) is 4.88 Å². The normalized spacial score (nSPS) is 14.0. The quantitative estimate of drug-likeness (QED) is 0.358. The lowest BCUT2D eigenvalue weighted by atomic mass is 10.0. The number of nitro groups is 1. The van der Waals surface area contributed by atoms with Crippen LogP contribution in [-0.4, -0.2) is 22.8 Å². The van der Waals surface area contributed by atoms with Crippen molar-refractivity contribution in [3.8, 4) is 0 Å². The summed E-state index contributed by atoms with van der Waals surface area (Å²) in [6.45, 7) is 1.51. The number of benzene rings is 1. The first-order valence-electron chi connectivity index (χ1n) is 7.57. The highest BCUT2D eigenvalue weighted by molar-refractivity contribution is 7.17. The highest BCUT2D eigenvalue weighted by atomic mass is 32.1. The number of nitrogens with zero attached hydrogens (tertiary/aromatic N) is 1. The number of ether oxygens (including phenoxy) is 1. The Morgan fingerprint density at radius 2 is 1.96 bits per heavy atom. The van der Waals surface area contributed by atoms with Crippen molar-refractivity contribution >= 4 is 28.1 Å². The predicted octanol–water partition coefficient (Wildman–Crippen LogP) is 3.57. The second-order valence-corrected chi connectivity index (χ2v) is 6.71. The van der Waals surface area contributed by atoms with Gasteiger partial charge < -0.3 is 4.74 Å². The first-order chi connectivity index (χ1) is 11.5. The van der Waals surface area contributed by atoms with Crippen LogP contribution in [0.15, 0.2) is 30.3 Å². The average Bonchev–Trinajstić information content (AvgIpc) is 3.22. The zero-order valence-electron chi connectivity index (χ0n) is 13.0. The molecular formula is C17H15NO5S. The van der Waals surface area contributed by atoms with Gasteiger partial charge in [-0.1, -0.05) is 23.5 Å². The van der Waals surface area contributed by atoms with Gasteiger partial charge in [-0.3, -0.25) is 14.9 Å². The molecule has 0 saturated heterocycles. The van der Waals surface area contributed by atoms with Crippen molar-refractivity contribution in [3.63, 3.8) is 0 Å². The van der Waals surface area contributed by atoms with Gasteiger partial charge in [-0.25, -0.2) is 4.79 Å². The number of hydrogen-bond donors (Lipinski definition) is 0. The number of aryl methyl sites for hydroxylation is 2. The number of esters is 1. The molecule has 0 aliphatic heterocycles. The Labute approximate surface area is 142 Å². The molecule has 0 N–H and O–H groups in total. The molecule has 0 amide bonds. The van der Waals surface area contributed by atoms with E-state index in [1.807, 2.05) is 12.1 Å². The second kappa shape index (κ2) is 6.52. The maximum absolute atomic E-state index is 12.4. The van der Waals surface area contributed by atoms with E-state index >= 15 is 0 Å². The van der Waals surface area contributed by atoms with E-state index in [2.05, 4.69) is 0 Å². The molecule has 0 unspecified atom stereocenters. The van der Waals surface area contributed by atoms with Gasteiger partial charge in [-0.05, 0) is 49.4 Å². The molecule has 0 radical (unpaired) electrons. The molecule has 7 heteroatoms. The van der Waals surface area contributed by atoms with Crippen molar-refractivity contribution in [2.24, 2.45) is 0 Å². The van der Waals surface area contributed by atoms with Crippen LogP contribution in [0.5, 0.6) is 0 Å². The largest absolute Gasteiger partial charge is 0.450 e. The lowest BCUT2D eigenvalue weighted by Crippen LogP contribution is -2.24. The third-order valence-corrected chi connectivity index (χ3v) is 5.03. The number of hydrogen-bond acceptors (Lipinski definition) is 6. The Bertz CT molecular complexity index is 826. The molecule has 24 heavy (non-hydrogen) atoms. The van der Waals surface area contributed by atoms with Gasteiger partial charge in [-0.2, -0.15) is 0 Å². The third kappa shape index (κ3) is 3.21. The Balaban J connectivity index is 1.69. The number of thiophene rings is 1. The maximum Gasteiger partial charge on any atom is 0.349 e. The van der Waals surface area contributed by atoms with Gasteiger partial charge in [-0.15, -0.1) is 0 Å². The minimum Gasteiger partial charge on any atom is -0.450 e. The van der Waals surface area contributed by atoms with E-state index in [1.165, 1.54) is 30.2 Å². The molecule has 0 bridgehead atoms.